The standard InChI is InChI=1S/C10H15N3S/c1-4-13(5-2)7-10-12-8(3)9(6-11)14-10/h4-5,7H2,1-3H3. The van der Waals surface area contributed by atoms with E-state index in [2.05, 4.69) is 29.8 Å². The van der Waals surface area contributed by atoms with Crippen LogP contribution in [0.5, 0.6) is 0 Å². The van der Waals surface area contributed by atoms with Crippen molar-refractivity contribution < 1.29 is 0 Å². The second-order valence-electron chi connectivity index (χ2n) is 3.10. The summed E-state index contributed by atoms with van der Waals surface area (Å²) in [5, 5.41) is 9.83. The fraction of sp³-hybridized carbons (Fsp3) is 0.600. The van der Waals surface area contributed by atoms with E-state index in [0.717, 1.165) is 35.2 Å². The molecule has 0 saturated carbocycles. The van der Waals surface area contributed by atoms with E-state index in [-0.39, 0.29) is 0 Å². The highest BCUT2D eigenvalue weighted by molar-refractivity contribution is 7.12. The van der Waals surface area contributed by atoms with Gasteiger partial charge < -0.3 is 0 Å². The van der Waals surface area contributed by atoms with E-state index in [0.29, 0.717) is 0 Å². The predicted octanol–water partition coefficient (Wildman–Crippen LogP) is 2.17. The second-order valence-corrected chi connectivity index (χ2v) is 4.18. The topological polar surface area (TPSA) is 39.9 Å². The van der Waals surface area contributed by atoms with Crippen LogP contribution in [0.4, 0.5) is 0 Å². The number of nitrogens with zero attached hydrogens (tertiary/aromatic N) is 3. The van der Waals surface area contributed by atoms with Gasteiger partial charge in [-0.25, -0.2) is 4.98 Å². The average molecular weight is 209 g/mol. The van der Waals surface area contributed by atoms with Gasteiger partial charge in [-0.3, -0.25) is 4.90 Å². The summed E-state index contributed by atoms with van der Waals surface area (Å²) in [6.45, 7) is 9.07. The van der Waals surface area contributed by atoms with Gasteiger partial charge in [0.15, 0.2) is 0 Å². The molecule has 1 heterocycles. The van der Waals surface area contributed by atoms with Crippen molar-refractivity contribution in [3.05, 3.63) is 15.6 Å². The van der Waals surface area contributed by atoms with Crippen LogP contribution in [0, 0.1) is 18.3 Å². The van der Waals surface area contributed by atoms with Gasteiger partial charge in [0.2, 0.25) is 0 Å². The van der Waals surface area contributed by atoms with Crippen LogP contribution < -0.4 is 0 Å². The third kappa shape index (κ3) is 2.53. The van der Waals surface area contributed by atoms with Gasteiger partial charge in [-0.1, -0.05) is 13.8 Å². The highest BCUT2D eigenvalue weighted by Gasteiger charge is 2.09. The van der Waals surface area contributed by atoms with Crippen molar-refractivity contribution in [1.82, 2.24) is 9.88 Å². The summed E-state index contributed by atoms with van der Waals surface area (Å²) in [6, 6.07) is 2.16. The van der Waals surface area contributed by atoms with Gasteiger partial charge in [0.1, 0.15) is 16.0 Å². The summed E-state index contributed by atoms with van der Waals surface area (Å²) in [7, 11) is 0. The zero-order valence-electron chi connectivity index (χ0n) is 8.87. The molecule has 0 amide bonds. The molecule has 0 unspecified atom stereocenters. The lowest BCUT2D eigenvalue weighted by atomic mass is 10.4. The van der Waals surface area contributed by atoms with Crippen molar-refractivity contribution in [2.75, 3.05) is 13.1 Å². The molecule has 0 aromatic carbocycles. The minimum absolute atomic E-state index is 0.743. The van der Waals surface area contributed by atoms with Crippen molar-refractivity contribution in [2.24, 2.45) is 0 Å². The lowest BCUT2D eigenvalue weighted by Gasteiger charge is -2.15. The minimum atomic E-state index is 0.743. The fourth-order valence-corrected chi connectivity index (χ4v) is 2.17. The highest BCUT2D eigenvalue weighted by Crippen LogP contribution is 2.18. The molecule has 0 aliphatic rings. The molecular weight excluding hydrogens is 194 g/mol. The van der Waals surface area contributed by atoms with E-state index >= 15 is 0 Å². The molecule has 0 atom stereocenters. The maximum absolute atomic E-state index is 8.79. The third-order valence-electron chi connectivity index (χ3n) is 2.20. The van der Waals surface area contributed by atoms with Gasteiger partial charge in [0.05, 0.1) is 12.2 Å². The third-order valence-corrected chi connectivity index (χ3v) is 3.24. The number of thiazole rings is 1. The Hall–Kier alpha value is -0.920. The van der Waals surface area contributed by atoms with Gasteiger partial charge in [0, 0.05) is 0 Å². The van der Waals surface area contributed by atoms with Crippen molar-refractivity contribution in [3.63, 3.8) is 0 Å². The SMILES string of the molecule is CCN(CC)Cc1nc(C)c(C#N)s1. The minimum Gasteiger partial charge on any atom is -0.297 e. The molecule has 4 heteroatoms. The van der Waals surface area contributed by atoms with E-state index in [9.17, 15) is 0 Å². The lowest BCUT2D eigenvalue weighted by molar-refractivity contribution is 0.295. The lowest BCUT2D eigenvalue weighted by Crippen LogP contribution is -2.21. The van der Waals surface area contributed by atoms with Crippen molar-refractivity contribution in [1.29, 1.82) is 5.26 Å². The summed E-state index contributed by atoms with van der Waals surface area (Å²) in [5.74, 6) is 0. The Morgan fingerprint density at radius 1 is 1.43 bits per heavy atom. The first kappa shape index (κ1) is 11.2. The Kier molecular flexibility index (Phi) is 4.05. The summed E-state index contributed by atoms with van der Waals surface area (Å²) < 4.78 is 0. The summed E-state index contributed by atoms with van der Waals surface area (Å²) in [4.78, 5) is 7.41. The van der Waals surface area contributed by atoms with E-state index < -0.39 is 0 Å². The summed E-state index contributed by atoms with van der Waals surface area (Å²) in [5.41, 5.74) is 0.861. The summed E-state index contributed by atoms with van der Waals surface area (Å²) in [6.07, 6.45) is 0. The first-order chi connectivity index (χ1) is 6.71. The molecule has 0 radical (unpaired) electrons. The van der Waals surface area contributed by atoms with Crippen molar-refractivity contribution in [3.8, 4) is 6.07 Å². The molecule has 0 aliphatic heterocycles. The van der Waals surface area contributed by atoms with Crippen LogP contribution in [0.1, 0.15) is 29.4 Å². The maximum Gasteiger partial charge on any atom is 0.127 e. The molecular formula is C10H15N3S. The second kappa shape index (κ2) is 5.08. The number of hydrogen-bond donors (Lipinski definition) is 0. The number of aromatic nitrogens is 1. The van der Waals surface area contributed by atoms with E-state index in [4.69, 9.17) is 5.26 Å². The molecule has 0 bridgehead atoms. The molecule has 1 aromatic rings. The van der Waals surface area contributed by atoms with Crippen LogP contribution in [-0.4, -0.2) is 23.0 Å². The van der Waals surface area contributed by atoms with Crippen molar-refractivity contribution in [2.45, 2.75) is 27.3 Å². The monoisotopic (exact) mass is 209 g/mol. The molecule has 76 valence electrons. The van der Waals surface area contributed by atoms with Crippen LogP contribution in [0.15, 0.2) is 0 Å². The van der Waals surface area contributed by atoms with E-state index in [1.54, 1.807) is 0 Å². The molecule has 0 spiro atoms. The zero-order valence-corrected chi connectivity index (χ0v) is 9.69. The Labute approximate surface area is 89.0 Å². The molecule has 0 saturated heterocycles. The Morgan fingerprint density at radius 2 is 2.07 bits per heavy atom. The highest BCUT2D eigenvalue weighted by atomic mass is 32.1. The molecule has 0 aliphatic carbocycles. The van der Waals surface area contributed by atoms with Gasteiger partial charge in [-0.05, 0) is 20.0 Å². The Balaban J connectivity index is 2.73. The van der Waals surface area contributed by atoms with Crippen LogP contribution in [-0.2, 0) is 6.54 Å². The smallest absolute Gasteiger partial charge is 0.127 e. The van der Waals surface area contributed by atoms with Crippen LogP contribution >= 0.6 is 11.3 Å². The largest absolute Gasteiger partial charge is 0.297 e. The Morgan fingerprint density at radius 3 is 2.50 bits per heavy atom. The number of rotatable bonds is 4. The van der Waals surface area contributed by atoms with Gasteiger partial charge >= 0.3 is 0 Å². The molecule has 14 heavy (non-hydrogen) atoms. The molecule has 1 aromatic heterocycles. The van der Waals surface area contributed by atoms with Crippen LogP contribution in [0.25, 0.3) is 0 Å². The summed E-state index contributed by atoms with van der Waals surface area (Å²) >= 11 is 1.50. The number of nitriles is 1. The first-order valence-electron chi connectivity index (χ1n) is 4.80. The van der Waals surface area contributed by atoms with E-state index in [1.165, 1.54) is 11.3 Å². The van der Waals surface area contributed by atoms with E-state index in [1.807, 2.05) is 6.92 Å². The Bertz CT molecular complexity index is 334. The van der Waals surface area contributed by atoms with Gasteiger partial charge in [-0.15, -0.1) is 11.3 Å². The first-order valence-corrected chi connectivity index (χ1v) is 5.61. The molecule has 0 N–H and O–H groups in total. The average Bonchev–Trinajstić information content (AvgIpc) is 2.55. The molecule has 1 rings (SSSR count). The molecule has 3 nitrogen and oxygen atoms in total. The van der Waals surface area contributed by atoms with Crippen LogP contribution in [0.2, 0.25) is 0 Å². The predicted molar refractivity (Wildman–Crippen MR) is 58.2 cm³/mol. The number of hydrogen-bond acceptors (Lipinski definition) is 4. The molecule has 0 fully saturated rings. The normalized spacial score (nSPS) is 10.5. The maximum atomic E-state index is 8.79. The zero-order chi connectivity index (χ0) is 10.6. The number of aryl methyl sites for hydroxylation is 1. The quantitative estimate of drug-likeness (QED) is 0.763. The van der Waals surface area contributed by atoms with Gasteiger partial charge in [0.25, 0.3) is 0 Å². The van der Waals surface area contributed by atoms with Crippen LogP contribution in [0.3, 0.4) is 0 Å². The van der Waals surface area contributed by atoms with Crippen molar-refractivity contribution >= 4 is 11.3 Å². The van der Waals surface area contributed by atoms with Gasteiger partial charge in [-0.2, -0.15) is 5.26 Å². The fourth-order valence-electron chi connectivity index (χ4n) is 1.26.